The summed E-state index contributed by atoms with van der Waals surface area (Å²) in [6.45, 7) is 0.969. The average Bonchev–Trinajstić information content (AvgIpc) is 2.90. The first-order valence-corrected chi connectivity index (χ1v) is 9.75. The first-order valence-electron chi connectivity index (χ1n) is 8.99. The molecule has 1 aliphatic heterocycles. The van der Waals surface area contributed by atoms with Crippen molar-refractivity contribution < 1.29 is 9.53 Å². The number of carbonyl (C=O) groups excluding carboxylic acids is 1. The maximum Gasteiger partial charge on any atom is 0.239 e. The van der Waals surface area contributed by atoms with E-state index < -0.39 is 5.41 Å². The van der Waals surface area contributed by atoms with Crippen LogP contribution in [-0.4, -0.2) is 38.6 Å². The fraction of sp³-hybridized carbons (Fsp3) is 0.381. The van der Waals surface area contributed by atoms with Gasteiger partial charge in [-0.1, -0.05) is 47.8 Å². The van der Waals surface area contributed by atoms with Gasteiger partial charge in [0.2, 0.25) is 5.91 Å². The second kappa shape index (κ2) is 8.09. The van der Waals surface area contributed by atoms with Gasteiger partial charge >= 0.3 is 0 Å². The lowest BCUT2D eigenvalue weighted by atomic mass is 9.72. The van der Waals surface area contributed by atoms with E-state index in [1.165, 1.54) is 0 Å². The predicted octanol–water partition coefficient (Wildman–Crippen LogP) is 4.97. The molecule has 1 atom stereocenters. The van der Waals surface area contributed by atoms with Gasteiger partial charge in [0.15, 0.2) is 0 Å². The molecule has 0 bridgehead atoms. The van der Waals surface area contributed by atoms with Crippen molar-refractivity contribution in [1.82, 2.24) is 4.90 Å². The van der Waals surface area contributed by atoms with Crippen LogP contribution < -0.4 is 10.1 Å². The summed E-state index contributed by atoms with van der Waals surface area (Å²) in [6, 6.07) is 11.2. The summed E-state index contributed by atoms with van der Waals surface area (Å²) < 4.78 is 5.31. The lowest BCUT2D eigenvalue weighted by molar-refractivity contribution is -0.119. The molecule has 0 saturated carbocycles. The van der Waals surface area contributed by atoms with E-state index in [-0.39, 0.29) is 5.91 Å². The van der Waals surface area contributed by atoms with E-state index in [1.807, 2.05) is 44.4 Å². The minimum Gasteiger partial charge on any atom is -0.495 e. The molecule has 6 heteroatoms. The van der Waals surface area contributed by atoms with Crippen LogP contribution in [-0.2, 0) is 10.2 Å². The molecule has 27 heavy (non-hydrogen) atoms. The minimum absolute atomic E-state index is 0.0697. The topological polar surface area (TPSA) is 41.6 Å². The van der Waals surface area contributed by atoms with E-state index in [0.717, 1.165) is 36.2 Å². The Labute approximate surface area is 170 Å². The lowest BCUT2D eigenvalue weighted by Crippen LogP contribution is -2.36. The van der Waals surface area contributed by atoms with E-state index in [1.54, 1.807) is 13.2 Å². The zero-order valence-corrected chi connectivity index (χ0v) is 17.3. The average molecular weight is 407 g/mol. The number of nitrogens with zero attached hydrogens (tertiary/aromatic N) is 1. The van der Waals surface area contributed by atoms with Crippen LogP contribution in [0, 0.1) is 0 Å². The lowest BCUT2D eigenvalue weighted by Gasteiger charge is -2.29. The first kappa shape index (κ1) is 20.0. The van der Waals surface area contributed by atoms with Gasteiger partial charge in [0, 0.05) is 16.8 Å². The van der Waals surface area contributed by atoms with E-state index in [4.69, 9.17) is 27.9 Å². The molecule has 2 aromatic carbocycles. The second-order valence-corrected chi connectivity index (χ2v) is 7.95. The van der Waals surface area contributed by atoms with Gasteiger partial charge in [-0.05, 0) is 56.7 Å². The largest absolute Gasteiger partial charge is 0.495 e. The number of rotatable bonds is 7. The summed E-state index contributed by atoms with van der Waals surface area (Å²) in [6.07, 6.45) is 2.54. The maximum atomic E-state index is 13.3. The first-order chi connectivity index (χ1) is 12.9. The third-order valence-corrected chi connectivity index (χ3v) is 5.75. The number of hydrogen-bond donors (Lipinski definition) is 1. The summed E-state index contributed by atoms with van der Waals surface area (Å²) in [5, 5.41) is 4.09. The van der Waals surface area contributed by atoms with Gasteiger partial charge in [-0.15, -0.1) is 0 Å². The molecule has 0 radical (unpaired) electrons. The molecule has 3 rings (SSSR count). The van der Waals surface area contributed by atoms with Gasteiger partial charge in [0.05, 0.1) is 12.1 Å². The van der Waals surface area contributed by atoms with E-state index >= 15 is 0 Å². The predicted molar refractivity (Wildman–Crippen MR) is 111 cm³/mol. The van der Waals surface area contributed by atoms with Crippen molar-refractivity contribution in [3.05, 3.63) is 57.6 Å². The van der Waals surface area contributed by atoms with Gasteiger partial charge in [0.1, 0.15) is 11.2 Å². The molecule has 1 heterocycles. The van der Waals surface area contributed by atoms with Crippen molar-refractivity contribution in [3.63, 3.8) is 0 Å². The van der Waals surface area contributed by atoms with Crippen molar-refractivity contribution in [3.8, 4) is 5.75 Å². The molecule has 1 amide bonds. The number of unbranched alkanes of at least 4 members (excludes halogenated alkanes) is 1. The number of fused-ring (bicyclic) bond motifs is 1. The Kier molecular flexibility index (Phi) is 5.99. The van der Waals surface area contributed by atoms with Gasteiger partial charge < -0.3 is 15.0 Å². The third-order valence-electron chi connectivity index (χ3n) is 5.13. The van der Waals surface area contributed by atoms with Gasteiger partial charge in [-0.3, -0.25) is 4.79 Å². The molecule has 2 aromatic rings. The molecule has 0 aliphatic carbocycles. The standard InChI is InChI=1S/C21H24Cl2N2O2/c1-25(2)11-7-6-10-21(14-8-4-5-9-16(14)22)15-12-17(23)19(27-3)13-18(15)24-20(21)26/h4-5,8-9,12-13H,6-7,10-11H2,1-3H3,(H,24,26). The Morgan fingerprint density at radius 1 is 1.07 bits per heavy atom. The van der Waals surface area contributed by atoms with Crippen molar-refractivity contribution in [1.29, 1.82) is 0 Å². The van der Waals surface area contributed by atoms with Gasteiger partial charge in [-0.25, -0.2) is 0 Å². The van der Waals surface area contributed by atoms with Gasteiger partial charge in [0.25, 0.3) is 0 Å². The zero-order valence-electron chi connectivity index (χ0n) is 15.8. The molecule has 1 N–H and O–H groups in total. The Bertz CT molecular complexity index is 854. The monoisotopic (exact) mass is 406 g/mol. The maximum absolute atomic E-state index is 13.3. The van der Waals surface area contributed by atoms with Crippen LogP contribution in [0.25, 0.3) is 0 Å². The Hall–Kier alpha value is -1.75. The van der Waals surface area contributed by atoms with Crippen LogP contribution in [0.1, 0.15) is 30.4 Å². The summed E-state index contributed by atoms with van der Waals surface area (Å²) in [5.74, 6) is 0.470. The van der Waals surface area contributed by atoms with Crippen molar-refractivity contribution in [2.45, 2.75) is 24.7 Å². The Morgan fingerprint density at radius 3 is 2.48 bits per heavy atom. The summed E-state index contributed by atoms with van der Waals surface area (Å²) in [7, 11) is 5.66. The molecule has 4 nitrogen and oxygen atoms in total. The number of halogens is 2. The molecule has 0 aromatic heterocycles. The van der Waals surface area contributed by atoms with Crippen LogP contribution in [0.15, 0.2) is 36.4 Å². The molecule has 1 aliphatic rings. The van der Waals surface area contributed by atoms with Crippen LogP contribution in [0.5, 0.6) is 5.75 Å². The number of benzene rings is 2. The highest BCUT2D eigenvalue weighted by Gasteiger charge is 2.49. The molecule has 0 spiro atoms. The number of carbonyl (C=O) groups is 1. The Morgan fingerprint density at radius 2 is 1.81 bits per heavy atom. The van der Waals surface area contributed by atoms with Crippen LogP contribution in [0.3, 0.4) is 0 Å². The Balaban J connectivity index is 2.10. The smallest absolute Gasteiger partial charge is 0.239 e. The fourth-order valence-electron chi connectivity index (χ4n) is 3.79. The molecule has 144 valence electrons. The molecular formula is C21H24Cl2N2O2. The van der Waals surface area contributed by atoms with Crippen LogP contribution in [0.4, 0.5) is 5.69 Å². The SMILES string of the molecule is COc1cc2c(cc1Cl)C(CCCCN(C)C)(c1ccccc1Cl)C(=O)N2. The molecule has 0 saturated heterocycles. The number of methoxy groups -OCH3 is 1. The van der Waals surface area contributed by atoms with Crippen LogP contribution >= 0.6 is 23.2 Å². The highest BCUT2D eigenvalue weighted by Crippen LogP contribution is 2.50. The van der Waals surface area contributed by atoms with Crippen LogP contribution in [0.2, 0.25) is 10.0 Å². The second-order valence-electron chi connectivity index (χ2n) is 7.13. The number of amides is 1. The van der Waals surface area contributed by atoms with Gasteiger partial charge in [-0.2, -0.15) is 0 Å². The summed E-state index contributed by atoms with van der Waals surface area (Å²) in [4.78, 5) is 15.4. The third kappa shape index (κ3) is 3.66. The van der Waals surface area contributed by atoms with Crippen molar-refractivity contribution in [2.75, 3.05) is 33.1 Å². The highest BCUT2D eigenvalue weighted by atomic mass is 35.5. The molecule has 1 unspecified atom stereocenters. The molecular weight excluding hydrogens is 383 g/mol. The van der Waals surface area contributed by atoms with E-state index in [0.29, 0.717) is 22.2 Å². The van der Waals surface area contributed by atoms with Crippen molar-refractivity contribution >= 4 is 34.8 Å². The number of hydrogen-bond acceptors (Lipinski definition) is 3. The highest BCUT2D eigenvalue weighted by molar-refractivity contribution is 6.33. The van der Waals surface area contributed by atoms with Crippen molar-refractivity contribution in [2.24, 2.45) is 0 Å². The number of nitrogens with one attached hydrogen (secondary N) is 1. The number of anilines is 1. The minimum atomic E-state index is -0.851. The van der Waals surface area contributed by atoms with E-state index in [2.05, 4.69) is 10.2 Å². The molecule has 0 fully saturated rings. The summed E-state index contributed by atoms with van der Waals surface area (Å²) >= 11 is 13.0. The zero-order chi connectivity index (χ0) is 19.6. The normalized spacial score (nSPS) is 18.5. The van der Waals surface area contributed by atoms with E-state index in [9.17, 15) is 4.79 Å². The number of ether oxygens (including phenoxy) is 1. The summed E-state index contributed by atoms with van der Waals surface area (Å²) in [5.41, 5.74) is 1.55. The fourth-order valence-corrected chi connectivity index (χ4v) is 4.33. The quantitative estimate of drug-likeness (QED) is 0.659.